The average molecular weight is 446 g/mol. The van der Waals surface area contributed by atoms with Gasteiger partial charge >= 0.3 is 0 Å². The first kappa shape index (κ1) is 21.5. The highest BCUT2D eigenvalue weighted by molar-refractivity contribution is 7.99. The lowest BCUT2D eigenvalue weighted by atomic mass is 10.2. The molecule has 0 aliphatic rings. The molecule has 0 fully saturated rings. The van der Waals surface area contributed by atoms with Crippen molar-refractivity contribution in [2.45, 2.75) is 19.6 Å². The minimum Gasteiger partial charge on any atom is -0.318 e. The molecule has 4 nitrogen and oxygen atoms in total. The van der Waals surface area contributed by atoms with Gasteiger partial charge in [0.1, 0.15) is 0 Å². The number of hydrogen-bond acceptors (Lipinski definition) is 3. The van der Waals surface area contributed by atoms with Crippen molar-refractivity contribution in [1.82, 2.24) is 9.99 Å². The molecule has 1 amide bonds. The van der Waals surface area contributed by atoms with E-state index < -0.39 is 0 Å². The summed E-state index contributed by atoms with van der Waals surface area (Å²) in [5, 5.41) is 5.14. The Balaban J connectivity index is 1.59. The molecule has 3 aromatic rings. The predicted molar refractivity (Wildman–Crippen MR) is 124 cm³/mol. The quantitative estimate of drug-likeness (QED) is 0.369. The number of nitrogens with one attached hydrogen (secondary N) is 1. The number of amides is 1. The molecule has 7 heteroatoms. The van der Waals surface area contributed by atoms with Crippen LogP contribution in [0.1, 0.15) is 22.5 Å². The second-order valence-corrected chi connectivity index (χ2v) is 8.33. The predicted octanol–water partition coefficient (Wildman–Crippen LogP) is 5.78. The van der Waals surface area contributed by atoms with Crippen molar-refractivity contribution in [3.63, 3.8) is 0 Å². The number of halogens is 2. The summed E-state index contributed by atoms with van der Waals surface area (Å²) >= 11 is 13.7. The third-order valence-electron chi connectivity index (χ3n) is 4.37. The molecule has 1 heterocycles. The van der Waals surface area contributed by atoms with Gasteiger partial charge in [-0.2, -0.15) is 5.10 Å². The Morgan fingerprint density at radius 1 is 1.10 bits per heavy atom. The van der Waals surface area contributed by atoms with E-state index in [1.807, 2.05) is 62.4 Å². The monoisotopic (exact) mass is 445 g/mol. The molecule has 1 aromatic heterocycles. The SMILES string of the molecule is Cc1cc(C=NNC(=O)CSCc2ccccc2)c(C)n1-c1ccc(Cl)c(Cl)c1. The molecule has 0 aliphatic carbocycles. The van der Waals surface area contributed by atoms with E-state index in [9.17, 15) is 4.79 Å². The van der Waals surface area contributed by atoms with Crippen LogP contribution in [0.15, 0.2) is 59.7 Å². The average Bonchev–Trinajstić information content (AvgIpc) is 2.98. The Kier molecular flexibility index (Phi) is 7.42. The van der Waals surface area contributed by atoms with Gasteiger partial charge in [-0.15, -0.1) is 11.8 Å². The fraction of sp³-hybridized carbons (Fsp3) is 0.182. The van der Waals surface area contributed by atoms with Crippen molar-refractivity contribution in [2.75, 3.05) is 5.75 Å². The number of rotatable bonds is 7. The second-order valence-electron chi connectivity index (χ2n) is 6.53. The van der Waals surface area contributed by atoms with Crippen molar-refractivity contribution >= 4 is 47.1 Å². The first-order valence-electron chi connectivity index (χ1n) is 9.03. The molecule has 2 aromatic carbocycles. The second kappa shape index (κ2) is 10.0. The van der Waals surface area contributed by atoms with Gasteiger partial charge < -0.3 is 4.57 Å². The molecule has 0 bridgehead atoms. The number of nitrogens with zero attached hydrogens (tertiary/aromatic N) is 2. The van der Waals surface area contributed by atoms with Gasteiger partial charge in [0.05, 0.1) is 22.0 Å². The molecular weight excluding hydrogens is 425 g/mol. The van der Waals surface area contributed by atoms with Gasteiger partial charge in [0.25, 0.3) is 0 Å². The largest absolute Gasteiger partial charge is 0.318 e. The van der Waals surface area contributed by atoms with Crippen LogP contribution in [0.5, 0.6) is 0 Å². The fourth-order valence-electron chi connectivity index (χ4n) is 2.98. The number of hydrogen-bond donors (Lipinski definition) is 1. The van der Waals surface area contributed by atoms with Gasteiger partial charge in [0.2, 0.25) is 5.91 Å². The Bertz CT molecular complexity index is 1030. The summed E-state index contributed by atoms with van der Waals surface area (Å²) in [5.41, 5.74) is 7.67. The van der Waals surface area contributed by atoms with Crippen molar-refractivity contribution in [3.8, 4) is 5.69 Å². The van der Waals surface area contributed by atoms with E-state index in [-0.39, 0.29) is 5.91 Å². The normalized spacial score (nSPS) is 11.2. The highest BCUT2D eigenvalue weighted by Gasteiger charge is 2.11. The number of aromatic nitrogens is 1. The van der Waals surface area contributed by atoms with E-state index in [0.717, 1.165) is 28.4 Å². The van der Waals surface area contributed by atoms with Crippen LogP contribution in [0, 0.1) is 13.8 Å². The Morgan fingerprint density at radius 3 is 2.59 bits per heavy atom. The van der Waals surface area contributed by atoms with E-state index in [1.165, 1.54) is 5.56 Å². The number of aryl methyl sites for hydroxylation is 1. The van der Waals surface area contributed by atoms with E-state index in [4.69, 9.17) is 23.2 Å². The number of hydrazone groups is 1. The lowest BCUT2D eigenvalue weighted by Crippen LogP contribution is -2.19. The standard InChI is InChI=1S/C22H21Cl2N3OS/c1-15-10-18(16(2)27(15)19-8-9-20(23)21(24)11-19)12-25-26-22(28)14-29-13-17-6-4-3-5-7-17/h3-12H,13-14H2,1-2H3,(H,26,28). The van der Waals surface area contributed by atoms with Crippen molar-refractivity contribution in [1.29, 1.82) is 0 Å². The van der Waals surface area contributed by atoms with Crippen LogP contribution in [0.3, 0.4) is 0 Å². The first-order valence-corrected chi connectivity index (χ1v) is 10.9. The molecule has 150 valence electrons. The van der Waals surface area contributed by atoms with Crippen molar-refractivity contribution < 1.29 is 4.79 Å². The smallest absolute Gasteiger partial charge is 0.250 e. The van der Waals surface area contributed by atoms with Crippen molar-refractivity contribution in [2.24, 2.45) is 5.10 Å². The van der Waals surface area contributed by atoms with Gasteiger partial charge in [-0.3, -0.25) is 4.79 Å². The molecule has 0 radical (unpaired) electrons. The highest BCUT2D eigenvalue weighted by atomic mass is 35.5. The van der Waals surface area contributed by atoms with Crippen LogP contribution in [-0.4, -0.2) is 22.4 Å². The maximum atomic E-state index is 12.0. The topological polar surface area (TPSA) is 46.4 Å². The molecule has 0 atom stereocenters. The van der Waals surface area contributed by atoms with Gasteiger partial charge in [-0.1, -0.05) is 53.5 Å². The van der Waals surface area contributed by atoms with E-state index in [2.05, 4.69) is 15.1 Å². The molecule has 1 N–H and O–H groups in total. The maximum absolute atomic E-state index is 12.0. The summed E-state index contributed by atoms with van der Waals surface area (Å²) in [5.74, 6) is 1.03. The molecule has 0 spiro atoms. The van der Waals surface area contributed by atoms with Crippen LogP contribution in [0.4, 0.5) is 0 Å². The molecule has 0 saturated heterocycles. The minimum absolute atomic E-state index is 0.125. The van der Waals surface area contributed by atoms with Gasteiger partial charge in [0, 0.05) is 28.4 Å². The highest BCUT2D eigenvalue weighted by Crippen LogP contribution is 2.27. The lowest BCUT2D eigenvalue weighted by Gasteiger charge is -2.10. The van der Waals surface area contributed by atoms with Crippen LogP contribution in [0.25, 0.3) is 5.69 Å². The summed E-state index contributed by atoms with van der Waals surface area (Å²) in [7, 11) is 0. The number of carbonyl (C=O) groups is 1. The third-order valence-corrected chi connectivity index (χ3v) is 6.11. The molecule has 0 saturated carbocycles. The molecular formula is C22H21Cl2N3OS. The number of carbonyl (C=O) groups excluding carboxylic acids is 1. The minimum atomic E-state index is -0.125. The molecule has 0 unspecified atom stereocenters. The van der Waals surface area contributed by atoms with Gasteiger partial charge in [0.15, 0.2) is 0 Å². The Hall–Kier alpha value is -2.21. The van der Waals surface area contributed by atoms with Crippen LogP contribution in [0.2, 0.25) is 10.0 Å². The van der Waals surface area contributed by atoms with Gasteiger partial charge in [-0.25, -0.2) is 5.43 Å². The molecule has 0 aliphatic heterocycles. The summed E-state index contributed by atoms with van der Waals surface area (Å²) in [6.45, 7) is 4.00. The lowest BCUT2D eigenvalue weighted by molar-refractivity contribution is -0.118. The summed E-state index contributed by atoms with van der Waals surface area (Å²) in [4.78, 5) is 12.0. The van der Waals surface area contributed by atoms with Crippen LogP contribution >= 0.6 is 35.0 Å². The fourth-order valence-corrected chi connectivity index (χ4v) is 4.05. The van der Waals surface area contributed by atoms with Gasteiger partial charge in [-0.05, 0) is 43.7 Å². The summed E-state index contributed by atoms with van der Waals surface area (Å²) in [6, 6.07) is 17.6. The maximum Gasteiger partial charge on any atom is 0.250 e. The van der Waals surface area contributed by atoms with Crippen molar-refractivity contribution in [3.05, 3.63) is 87.2 Å². The first-order chi connectivity index (χ1) is 14.0. The summed E-state index contributed by atoms with van der Waals surface area (Å²) < 4.78 is 2.07. The van der Waals surface area contributed by atoms with E-state index in [0.29, 0.717) is 15.8 Å². The molecule has 29 heavy (non-hydrogen) atoms. The zero-order valence-electron chi connectivity index (χ0n) is 16.2. The van der Waals surface area contributed by atoms with E-state index >= 15 is 0 Å². The zero-order chi connectivity index (χ0) is 20.8. The molecule has 3 rings (SSSR count). The van der Waals surface area contributed by atoms with Crippen LogP contribution in [-0.2, 0) is 10.5 Å². The number of thioether (sulfide) groups is 1. The summed E-state index contributed by atoms with van der Waals surface area (Å²) in [6.07, 6.45) is 1.66. The van der Waals surface area contributed by atoms with Crippen LogP contribution < -0.4 is 5.43 Å². The third kappa shape index (κ3) is 5.66. The number of benzene rings is 2. The van der Waals surface area contributed by atoms with E-state index in [1.54, 1.807) is 24.0 Å². The Labute approximate surface area is 184 Å². The Morgan fingerprint density at radius 2 is 1.86 bits per heavy atom. The zero-order valence-corrected chi connectivity index (χ0v) is 18.5.